The predicted octanol–water partition coefficient (Wildman–Crippen LogP) is 2.90. The Hall–Kier alpha value is -2.52. The number of nitrogens with zero attached hydrogens (tertiary/aromatic N) is 5. The molecule has 4 rings (SSSR count). The fourth-order valence-electron chi connectivity index (χ4n) is 3.76. The van der Waals surface area contributed by atoms with Crippen molar-refractivity contribution in [1.82, 2.24) is 19.7 Å². The Morgan fingerprint density at radius 2 is 2.17 bits per heavy atom. The summed E-state index contributed by atoms with van der Waals surface area (Å²) in [5, 5.41) is 5.47. The van der Waals surface area contributed by atoms with Crippen LogP contribution in [0.2, 0.25) is 0 Å². The Labute approximate surface area is 173 Å². The number of hydrogen-bond acceptors (Lipinski definition) is 8. The quantitative estimate of drug-likeness (QED) is 0.593. The molecule has 0 aromatic carbocycles. The highest BCUT2D eigenvalue weighted by Crippen LogP contribution is 2.35. The molecule has 1 fully saturated rings. The molecule has 0 amide bonds. The summed E-state index contributed by atoms with van der Waals surface area (Å²) < 4.78 is 13.2. The van der Waals surface area contributed by atoms with E-state index in [2.05, 4.69) is 33.0 Å². The van der Waals surface area contributed by atoms with Crippen LogP contribution < -0.4 is 4.90 Å². The van der Waals surface area contributed by atoms with E-state index >= 15 is 0 Å². The van der Waals surface area contributed by atoms with Crippen molar-refractivity contribution in [3.05, 3.63) is 34.2 Å². The molecule has 1 aliphatic heterocycles. The molecule has 154 valence electrons. The van der Waals surface area contributed by atoms with Crippen molar-refractivity contribution in [1.29, 1.82) is 0 Å². The van der Waals surface area contributed by atoms with Gasteiger partial charge in [-0.15, -0.1) is 11.3 Å². The van der Waals surface area contributed by atoms with Crippen LogP contribution in [0.1, 0.15) is 33.5 Å². The van der Waals surface area contributed by atoms with Crippen LogP contribution in [-0.2, 0) is 16.0 Å². The van der Waals surface area contributed by atoms with E-state index in [9.17, 15) is 4.79 Å². The minimum absolute atomic E-state index is 0.00948. The van der Waals surface area contributed by atoms with Gasteiger partial charge in [0.05, 0.1) is 36.9 Å². The van der Waals surface area contributed by atoms with E-state index in [1.807, 2.05) is 25.5 Å². The molecule has 29 heavy (non-hydrogen) atoms. The molecule has 3 aromatic heterocycles. The van der Waals surface area contributed by atoms with Gasteiger partial charge >= 0.3 is 5.97 Å². The largest absolute Gasteiger partial charge is 0.462 e. The van der Waals surface area contributed by atoms with Crippen molar-refractivity contribution < 1.29 is 14.3 Å². The molecule has 1 atom stereocenters. The number of carbonyl (C=O) groups is 1. The Morgan fingerprint density at radius 1 is 1.34 bits per heavy atom. The second-order valence-corrected chi connectivity index (χ2v) is 8.20. The summed E-state index contributed by atoms with van der Waals surface area (Å²) in [6.45, 7) is 10.9. The zero-order valence-electron chi connectivity index (χ0n) is 17.1. The number of anilines is 1. The van der Waals surface area contributed by atoms with Crippen LogP contribution in [0.15, 0.2) is 12.4 Å². The maximum absolute atomic E-state index is 12.3. The lowest BCUT2D eigenvalue weighted by Crippen LogP contribution is -2.45. The lowest BCUT2D eigenvalue weighted by Gasteiger charge is -2.34. The number of hydrogen-bond donors (Lipinski definition) is 0. The van der Waals surface area contributed by atoms with Crippen LogP contribution in [0.5, 0.6) is 0 Å². The smallest absolute Gasteiger partial charge is 0.348 e. The number of morpholine rings is 1. The van der Waals surface area contributed by atoms with Gasteiger partial charge in [0.2, 0.25) is 0 Å². The van der Waals surface area contributed by atoms with Crippen molar-refractivity contribution in [2.24, 2.45) is 0 Å². The molecule has 0 spiro atoms. The minimum atomic E-state index is -0.302. The molecular formula is C20H25N5O3S. The third kappa shape index (κ3) is 3.84. The highest BCUT2D eigenvalue weighted by molar-refractivity contribution is 7.20. The van der Waals surface area contributed by atoms with Gasteiger partial charge in [-0.2, -0.15) is 5.10 Å². The average Bonchev–Trinajstić information content (AvgIpc) is 3.21. The summed E-state index contributed by atoms with van der Waals surface area (Å²) in [4.78, 5) is 24.9. The molecule has 1 aliphatic rings. The number of fused-ring (bicyclic) bond motifs is 1. The monoisotopic (exact) mass is 415 g/mol. The van der Waals surface area contributed by atoms with Crippen molar-refractivity contribution >= 4 is 33.3 Å². The number of aryl methyl sites for hydroxylation is 3. The third-order valence-electron chi connectivity index (χ3n) is 5.09. The third-order valence-corrected chi connectivity index (χ3v) is 6.27. The SMILES string of the molecule is CCOC(=O)c1sc2ncnc(N3CCOC(Cn4nc(C)cc4C)C3)c2c1C. The average molecular weight is 416 g/mol. The summed E-state index contributed by atoms with van der Waals surface area (Å²) in [5.74, 6) is 0.546. The van der Waals surface area contributed by atoms with Crippen LogP contribution in [0.3, 0.4) is 0 Å². The predicted molar refractivity (Wildman–Crippen MR) is 112 cm³/mol. The van der Waals surface area contributed by atoms with Crippen LogP contribution in [0.25, 0.3) is 10.2 Å². The van der Waals surface area contributed by atoms with Crippen LogP contribution in [-0.4, -0.2) is 58.1 Å². The zero-order valence-corrected chi connectivity index (χ0v) is 18.0. The molecule has 0 N–H and O–H groups in total. The first-order valence-corrected chi connectivity index (χ1v) is 10.6. The number of esters is 1. The van der Waals surface area contributed by atoms with E-state index < -0.39 is 0 Å². The highest BCUT2D eigenvalue weighted by Gasteiger charge is 2.27. The van der Waals surface area contributed by atoms with Crippen LogP contribution in [0.4, 0.5) is 5.82 Å². The van der Waals surface area contributed by atoms with Gasteiger partial charge in [0.15, 0.2) is 0 Å². The summed E-state index contributed by atoms with van der Waals surface area (Å²) in [6.07, 6.45) is 1.57. The molecule has 0 saturated carbocycles. The maximum Gasteiger partial charge on any atom is 0.348 e. The molecule has 1 saturated heterocycles. The van der Waals surface area contributed by atoms with Gasteiger partial charge in [0.25, 0.3) is 0 Å². The lowest BCUT2D eigenvalue weighted by atomic mass is 10.1. The van der Waals surface area contributed by atoms with Gasteiger partial charge in [-0.25, -0.2) is 14.8 Å². The standard InChI is InChI=1S/C20H25N5O3S/c1-5-27-20(26)17-14(4)16-18(21-11-22-19(16)29-17)24-6-7-28-15(9-24)10-25-13(3)8-12(2)23-25/h8,11,15H,5-7,9-10H2,1-4H3. The fourth-order valence-corrected chi connectivity index (χ4v) is 4.80. The van der Waals surface area contributed by atoms with Crippen LogP contribution >= 0.6 is 11.3 Å². The van der Waals surface area contributed by atoms with Gasteiger partial charge in [-0.3, -0.25) is 4.68 Å². The Bertz CT molecular complexity index is 1040. The van der Waals surface area contributed by atoms with Gasteiger partial charge < -0.3 is 14.4 Å². The summed E-state index contributed by atoms with van der Waals surface area (Å²) in [7, 11) is 0. The Morgan fingerprint density at radius 3 is 2.90 bits per heavy atom. The first-order valence-electron chi connectivity index (χ1n) is 9.76. The number of aromatic nitrogens is 4. The van der Waals surface area contributed by atoms with E-state index in [-0.39, 0.29) is 12.1 Å². The first kappa shape index (κ1) is 19.8. The van der Waals surface area contributed by atoms with Crippen molar-refractivity contribution in [3.63, 3.8) is 0 Å². The minimum Gasteiger partial charge on any atom is -0.462 e. The fraction of sp³-hybridized carbons (Fsp3) is 0.500. The zero-order chi connectivity index (χ0) is 20.5. The van der Waals surface area contributed by atoms with Gasteiger partial charge in [0, 0.05) is 18.8 Å². The summed E-state index contributed by atoms with van der Waals surface area (Å²) in [6, 6.07) is 2.07. The maximum atomic E-state index is 12.3. The molecule has 3 aromatic rings. The Kier molecular flexibility index (Phi) is 5.51. The van der Waals surface area contributed by atoms with E-state index in [1.165, 1.54) is 11.3 Å². The number of ether oxygens (including phenoxy) is 2. The van der Waals surface area contributed by atoms with Gasteiger partial charge in [-0.1, -0.05) is 0 Å². The van der Waals surface area contributed by atoms with E-state index in [0.717, 1.165) is 39.5 Å². The molecule has 9 heteroatoms. The molecule has 4 heterocycles. The first-order chi connectivity index (χ1) is 14.0. The normalized spacial score (nSPS) is 17.1. The molecule has 1 unspecified atom stereocenters. The number of thiophene rings is 1. The van der Waals surface area contributed by atoms with Crippen molar-refractivity contribution in [2.75, 3.05) is 31.2 Å². The molecule has 0 radical (unpaired) electrons. The highest BCUT2D eigenvalue weighted by atomic mass is 32.1. The van der Waals surface area contributed by atoms with Gasteiger partial charge in [-0.05, 0) is 39.3 Å². The molecule has 0 aliphatic carbocycles. The summed E-state index contributed by atoms with van der Waals surface area (Å²) in [5.41, 5.74) is 3.01. The number of rotatable bonds is 5. The molecular weight excluding hydrogens is 390 g/mol. The molecule has 0 bridgehead atoms. The van der Waals surface area contributed by atoms with Crippen molar-refractivity contribution in [3.8, 4) is 0 Å². The summed E-state index contributed by atoms with van der Waals surface area (Å²) >= 11 is 1.36. The second-order valence-electron chi connectivity index (χ2n) is 7.20. The lowest BCUT2D eigenvalue weighted by molar-refractivity contribution is 0.0268. The second kappa shape index (κ2) is 8.08. The molecule has 8 nitrogen and oxygen atoms in total. The number of carbonyl (C=O) groups excluding carboxylic acids is 1. The van der Waals surface area contributed by atoms with E-state index in [1.54, 1.807) is 6.33 Å². The Balaban J connectivity index is 1.62. The van der Waals surface area contributed by atoms with Gasteiger partial charge in [0.1, 0.15) is 21.9 Å². The topological polar surface area (TPSA) is 82.4 Å². The van der Waals surface area contributed by atoms with Crippen molar-refractivity contribution in [2.45, 2.75) is 40.3 Å². The van der Waals surface area contributed by atoms with Crippen LogP contribution in [0, 0.1) is 20.8 Å². The van der Waals surface area contributed by atoms with E-state index in [0.29, 0.717) is 31.2 Å². The van der Waals surface area contributed by atoms with E-state index in [4.69, 9.17) is 9.47 Å².